The highest BCUT2D eigenvalue weighted by Crippen LogP contribution is 2.48. The molecule has 694 valence electrons. The van der Waals surface area contributed by atoms with Crippen LogP contribution in [0.2, 0.25) is 0 Å². The summed E-state index contributed by atoms with van der Waals surface area (Å²) in [6.45, 7) is 0. The summed E-state index contributed by atoms with van der Waals surface area (Å²) >= 11 is 14.5. The molecule has 2 atom stereocenters. The summed E-state index contributed by atoms with van der Waals surface area (Å²) in [6.07, 6.45) is 0. The van der Waals surface area contributed by atoms with Crippen LogP contribution in [0.5, 0.6) is 0 Å². The number of rotatable bonds is 13. The van der Waals surface area contributed by atoms with Crippen molar-refractivity contribution in [3.8, 4) is 22.7 Å². The van der Waals surface area contributed by atoms with Gasteiger partial charge in [0.1, 0.15) is 0 Å². The number of fused-ring (bicyclic) bond motifs is 18. The minimum atomic E-state index is -3.13. The zero-order valence-corrected chi connectivity index (χ0v) is 88.2. The lowest BCUT2D eigenvalue weighted by molar-refractivity contribution is 1.17. The molecule has 0 amide bonds. The SMILES string of the molecule is Brc1ccccc1N1c2ccccc2[Si](c2ccccc2)(c2cccc(-n3c4ccccc4c4cc(-n5c6ccccc6c6ccccc65)ccc43)c2)c2cccc(Br)c21.Cl.Cl[SiH](c1ccccc1)c1ccccc1.c1ccc([Si]2(c3ccccc3)c3ccccc3N3c4ccccc4[Si](c4ccccc4)(c4cccc(-n5c6ccccc6c6cc(-n7c8ccccc8c8ccccc87)ccc65)c4)c4cccc2c43)cc1. The molecule has 3 aliphatic rings. The number of hydrogen-bond acceptors (Lipinski definition) is 2. The number of para-hydroxylation sites is 12. The van der Waals surface area contributed by atoms with E-state index in [4.69, 9.17) is 11.1 Å². The second-order valence-corrected chi connectivity index (χ2v) is 54.1. The fourth-order valence-electron chi connectivity index (χ4n) is 24.7. The topological polar surface area (TPSA) is 26.2 Å². The van der Waals surface area contributed by atoms with E-state index in [2.05, 4.69) is 570 Å². The highest BCUT2D eigenvalue weighted by molar-refractivity contribution is 9.11. The van der Waals surface area contributed by atoms with Crippen molar-refractivity contribution in [2.75, 3.05) is 9.80 Å². The number of halogens is 4. The number of anilines is 6. The lowest BCUT2D eigenvalue weighted by Gasteiger charge is -2.52. The van der Waals surface area contributed by atoms with Gasteiger partial charge in [0, 0.05) is 97.5 Å². The van der Waals surface area contributed by atoms with E-state index in [9.17, 15) is 0 Å². The summed E-state index contributed by atoms with van der Waals surface area (Å²) in [5.74, 6) is 0. The van der Waals surface area contributed by atoms with Gasteiger partial charge >= 0.3 is 0 Å². The maximum Gasteiger partial charge on any atom is 0.201 e. The monoisotopic (exact) mass is 2100 g/mol. The Bertz CT molecular complexity index is 9390. The number of benzene rings is 22. The summed E-state index contributed by atoms with van der Waals surface area (Å²) in [4.78, 5) is 5.09. The molecular weight excluding hydrogens is 2010 g/mol. The smallest absolute Gasteiger partial charge is 0.201 e. The molecule has 6 nitrogen and oxygen atoms in total. The molecule has 146 heavy (non-hydrogen) atoms. The van der Waals surface area contributed by atoms with E-state index in [-0.39, 0.29) is 12.4 Å². The highest BCUT2D eigenvalue weighted by atomic mass is 79.9. The van der Waals surface area contributed by atoms with Crippen LogP contribution in [0.15, 0.2) is 555 Å². The number of hydrogen-bond donors (Lipinski definition) is 0. The standard InChI is InChI=1S/C66H45N3Si2.C54H35Br2N3Si.C12H11ClSi.ClH/c1-4-23-48(24-5-1)70(49-25-6-2-7-26-49)62-38-18-16-36-60(62)69-61-37-17-19-39-63(61)71(50-27-8-3-9-28-50,65-41-21-40-64(70)66(65)69)51-29-20-22-46(44-51)67-58-35-15-12-32-54(58)55-45-47(42-43-59(55)67)68-56-33-13-10-30-52(56)53-31-11-14-34-57(53)68;55-44-23-7-11-28-50(44)59-51-29-12-13-30-52(51)60(38-17-2-1-3-18-38,53-31-15-24-45(56)54(53)59)39-19-14-16-36(34-39)57-48-27-10-6-22-42(48)43-35-37(32-33-49(43)57)58-46-25-8-4-20-40(46)41-21-5-9-26-47(41)58;13-14(11-7-3-1-4-8-11)12-9-5-2-6-10-12;/h1-45H;1-35H;1-10,14H;1H. The second-order valence-electron chi connectivity index (χ2n) is 37.9. The van der Waals surface area contributed by atoms with Crippen LogP contribution in [-0.4, -0.2) is 50.6 Å². The van der Waals surface area contributed by atoms with Crippen molar-refractivity contribution in [2.24, 2.45) is 0 Å². The van der Waals surface area contributed by atoms with Gasteiger partial charge < -0.3 is 28.1 Å². The van der Waals surface area contributed by atoms with Crippen molar-refractivity contribution in [2.45, 2.75) is 0 Å². The molecule has 0 saturated carbocycles. The van der Waals surface area contributed by atoms with Gasteiger partial charge in [0.05, 0.1) is 55.5 Å². The summed E-state index contributed by atoms with van der Waals surface area (Å²) in [5, 5.41) is 29.1. The predicted molar refractivity (Wildman–Crippen MR) is 639 cm³/mol. The molecule has 3 aliphatic heterocycles. The van der Waals surface area contributed by atoms with E-state index in [1.54, 1.807) is 0 Å². The van der Waals surface area contributed by atoms with Gasteiger partial charge in [0.15, 0.2) is 24.2 Å². The van der Waals surface area contributed by atoms with Crippen LogP contribution < -0.4 is 82.4 Å². The third-order valence-electron chi connectivity index (χ3n) is 30.5. The van der Waals surface area contributed by atoms with Gasteiger partial charge in [-0.3, -0.25) is 0 Å². The lowest BCUT2D eigenvalue weighted by atomic mass is 10.1. The molecule has 0 fully saturated rings. The van der Waals surface area contributed by atoms with Crippen molar-refractivity contribution in [3.05, 3.63) is 555 Å². The fourth-order valence-corrected chi connectivity index (χ4v) is 43.8. The van der Waals surface area contributed by atoms with Crippen LogP contribution in [0.4, 0.5) is 34.1 Å². The normalized spacial score (nSPS) is 14.6. The van der Waals surface area contributed by atoms with Crippen molar-refractivity contribution in [1.29, 1.82) is 0 Å². The molecule has 7 heterocycles. The largest absolute Gasteiger partial charge is 0.311 e. The van der Waals surface area contributed by atoms with Crippen molar-refractivity contribution >= 4 is 282 Å². The van der Waals surface area contributed by atoms with E-state index < -0.39 is 32.3 Å². The Hall–Kier alpha value is -16.0. The van der Waals surface area contributed by atoms with Gasteiger partial charge in [-0.05, 0) is 238 Å². The van der Waals surface area contributed by atoms with Crippen LogP contribution in [-0.2, 0) is 0 Å². The van der Waals surface area contributed by atoms with Crippen LogP contribution in [0.25, 0.3) is 110 Å². The highest BCUT2D eigenvalue weighted by Gasteiger charge is 2.57. The Morgan fingerprint density at radius 1 is 0.178 bits per heavy atom. The van der Waals surface area contributed by atoms with E-state index in [0.717, 1.165) is 37.4 Å². The molecule has 26 aromatic rings. The van der Waals surface area contributed by atoms with E-state index >= 15 is 0 Å². The molecule has 2 unspecified atom stereocenters. The van der Waals surface area contributed by atoms with Gasteiger partial charge in [0.2, 0.25) is 8.11 Å². The second kappa shape index (κ2) is 37.0. The third kappa shape index (κ3) is 14.0. The summed E-state index contributed by atoms with van der Waals surface area (Å²) < 4.78 is 11.9. The van der Waals surface area contributed by atoms with Crippen molar-refractivity contribution in [3.63, 3.8) is 0 Å². The van der Waals surface area contributed by atoms with Gasteiger partial charge in [-0.25, -0.2) is 0 Å². The Morgan fingerprint density at radius 2 is 0.411 bits per heavy atom. The van der Waals surface area contributed by atoms with Gasteiger partial charge in [0.25, 0.3) is 0 Å². The van der Waals surface area contributed by atoms with Crippen molar-refractivity contribution in [1.82, 2.24) is 18.3 Å². The zero-order chi connectivity index (χ0) is 96.4. The molecule has 14 heteroatoms. The van der Waals surface area contributed by atoms with E-state index in [1.165, 1.54) is 188 Å². The molecule has 0 N–H and O–H groups in total. The first-order chi connectivity index (χ1) is 71.8. The molecular formula is C132H92Br2Cl2N6Si4. The summed E-state index contributed by atoms with van der Waals surface area (Å²) in [6, 6.07) is 203. The van der Waals surface area contributed by atoms with E-state index in [0.29, 0.717) is 0 Å². The summed E-state index contributed by atoms with van der Waals surface area (Å²) in [5.41, 5.74) is 21.6. The Balaban J connectivity index is 0.000000131. The number of nitrogens with zero attached hydrogens (tertiary/aromatic N) is 6. The minimum Gasteiger partial charge on any atom is -0.311 e. The van der Waals surface area contributed by atoms with Gasteiger partial charge in [-0.15, -0.1) is 12.4 Å². The summed E-state index contributed by atoms with van der Waals surface area (Å²) in [7, 11) is -10.5. The zero-order valence-electron chi connectivity index (χ0n) is 79.3. The molecule has 0 bridgehead atoms. The average Bonchev–Trinajstić information content (AvgIpc) is 0.949. The molecule has 22 aromatic carbocycles. The Labute approximate surface area is 879 Å². The first-order valence-electron chi connectivity index (χ1n) is 49.5. The first-order valence-corrected chi connectivity index (χ1v) is 60.0. The quantitative estimate of drug-likeness (QED) is 0.0849. The van der Waals surface area contributed by atoms with Crippen LogP contribution in [0, 0.1) is 0 Å². The van der Waals surface area contributed by atoms with Crippen LogP contribution in [0.1, 0.15) is 0 Å². The Morgan fingerprint density at radius 3 is 0.760 bits per heavy atom. The van der Waals surface area contributed by atoms with Crippen LogP contribution >= 0.6 is 55.3 Å². The molecule has 4 aromatic heterocycles. The molecule has 0 saturated heterocycles. The Kier molecular flexibility index (Phi) is 22.8. The molecule has 29 rings (SSSR count). The number of aromatic nitrogens is 4. The van der Waals surface area contributed by atoms with E-state index in [1.807, 2.05) is 36.4 Å². The van der Waals surface area contributed by atoms with Crippen molar-refractivity contribution < 1.29 is 0 Å². The van der Waals surface area contributed by atoms with Crippen LogP contribution in [0.3, 0.4) is 0 Å². The molecule has 0 spiro atoms. The first kappa shape index (κ1) is 90.1. The maximum absolute atomic E-state index is 6.47. The van der Waals surface area contributed by atoms with Gasteiger partial charge in [-0.1, -0.05) is 413 Å². The molecule has 0 radical (unpaired) electrons. The third-order valence-corrected chi connectivity index (χ3v) is 49.7. The fraction of sp³-hybridized carbons (Fsp3) is 0. The lowest BCUT2D eigenvalue weighted by Crippen LogP contribution is -2.82. The maximum atomic E-state index is 6.47. The molecule has 0 aliphatic carbocycles. The predicted octanol–water partition coefficient (Wildman–Crippen LogP) is 25.5. The van der Waals surface area contributed by atoms with Gasteiger partial charge in [-0.2, -0.15) is 11.1 Å². The average molecular weight is 2110 g/mol. The minimum absolute atomic E-state index is 0.